The molecule has 6 nitrogen and oxygen atoms in total. The summed E-state index contributed by atoms with van der Waals surface area (Å²) in [4.78, 5) is 19.4. The molecule has 0 radical (unpaired) electrons. The molecule has 0 saturated carbocycles. The molecule has 0 saturated heterocycles. The van der Waals surface area contributed by atoms with Gasteiger partial charge in [-0.05, 0) is 24.1 Å². The third kappa shape index (κ3) is 3.71. The SMILES string of the molecule is COC(=O)c1cc(-c2nc([C@@H](N)Cc3ccccc3)[nH]c2Cl)ccc1N. The number of nitrogens with zero attached hydrogens (tertiary/aromatic N) is 1. The molecule has 1 aromatic heterocycles. The number of imidazole rings is 1. The van der Waals surface area contributed by atoms with E-state index in [1.165, 1.54) is 7.11 Å². The summed E-state index contributed by atoms with van der Waals surface area (Å²) in [5, 5.41) is 0.351. The molecule has 3 rings (SSSR count). The van der Waals surface area contributed by atoms with Gasteiger partial charge in [-0.2, -0.15) is 0 Å². The van der Waals surface area contributed by atoms with E-state index in [1.807, 2.05) is 30.3 Å². The normalized spacial score (nSPS) is 12.0. The molecule has 26 heavy (non-hydrogen) atoms. The first kappa shape index (κ1) is 18.0. The smallest absolute Gasteiger partial charge is 0.339 e. The lowest BCUT2D eigenvalue weighted by Crippen LogP contribution is -2.15. The van der Waals surface area contributed by atoms with Crippen LogP contribution in [-0.2, 0) is 11.2 Å². The minimum absolute atomic E-state index is 0.263. The van der Waals surface area contributed by atoms with Crippen molar-refractivity contribution in [3.8, 4) is 11.3 Å². The number of carbonyl (C=O) groups excluding carboxylic acids is 1. The molecule has 5 N–H and O–H groups in total. The number of ether oxygens (including phenoxy) is 1. The van der Waals surface area contributed by atoms with Gasteiger partial charge in [-0.1, -0.05) is 48.0 Å². The fourth-order valence-corrected chi connectivity index (χ4v) is 2.94. The van der Waals surface area contributed by atoms with Crippen LogP contribution in [0.4, 0.5) is 5.69 Å². The lowest BCUT2D eigenvalue weighted by atomic mass is 10.1. The third-order valence-corrected chi connectivity index (χ3v) is 4.33. The lowest BCUT2D eigenvalue weighted by molar-refractivity contribution is 0.0602. The lowest BCUT2D eigenvalue weighted by Gasteiger charge is -2.08. The predicted molar refractivity (Wildman–Crippen MR) is 102 cm³/mol. The number of hydrogen-bond donors (Lipinski definition) is 3. The summed E-state index contributed by atoms with van der Waals surface area (Å²) in [6, 6.07) is 14.5. The first-order valence-corrected chi connectivity index (χ1v) is 8.40. The number of nitrogens with one attached hydrogen (secondary N) is 1. The van der Waals surface area contributed by atoms with Gasteiger partial charge in [0.1, 0.15) is 16.7 Å². The van der Waals surface area contributed by atoms with Crippen LogP contribution in [0, 0.1) is 0 Å². The van der Waals surface area contributed by atoms with Crippen molar-refractivity contribution in [3.63, 3.8) is 0 Å². The maximum absolute atomic E-state index is 11.8. The van der Waals surface area contributed by atoms with Crippen LogP contribution >= 0.6 is 11.6 Å². The Morgan fingerprint density at radius 2 is 2.00 bits per heavy atom. The standard InChI is InChI=1S/C19H19ClN4O2/c1-26-19(25)13-10-12(7-8-14(13)21)16-17(20)24-18(23-16)15(22)9-11-5-3-2-4-6-11/h2-8,10,15H,9,21-22H2,1H3,(H,23,24)/t15-/m0/s1. The van der Waals surface area contributed by atoms with Crippen LogP contribution in [0.25, 0.3) is 11.3 Å². The van der Waals surface area contributed by atoms with Crippen molar-refractivity contribution in [3.05, 3.63) is 70.6 Å². The number of methoxy groups -OCH3 is 1. The molecule has 1 heterocycles. The molecule has 0 spiro atoms. The van der Waals surface area contributed by atoms with Gasteiger partial charge < -0.3 is 21.2 Å². The van der Waals surface area contributed by atoms with Crippen molar-refractivity contribution in [1.29, 1.82) is 0 Å². The van der Waals surface area contributed by atoms with Crippen molar-refractivity contribution in [2.75, 3.05) is 12.8 Å². The highest BCUT2D eigenvalue weighted by Gasteiger charge is 2.18. The van der Waals surface area contributed by atoms with Gasteiger partial charge in [0.2, 0.25) is 0 Å². The molecule has 0 aliphatic carbocycles. The van der Waals surface area contributed by atoms with E-state index in [2.05, 4.69) is 9.97 Å². The van der Waals surface area contributed by atoms with E-state index in [0.717, 1.165) is 5.56 Å². The van der Waals surface area contributed by atoms with Crippen LogP contribution in [0.1, 0.15) is 27.8 Å². The first-order valence-electron chi connectivity index (χ1n) is 8.02. The number of esters is 1. The summed E-state index contributed by atoms with van der Waals surface area (Å²) in [5.41, 5.74) is 15.0. The van der Waals surface area contributed by atoms with E-state index >= 15 is 0 Å². The largest absolute Gasteiger partial charge is 0.465 e. The second-order valence-corrected chi connectivity index (χ2v) is 6.25. The fraction of sp³-hybridized carbons (Fsp3) is 0.158. The number of benzene rings is 2. The average molecular weight is 371 g/mol. The molecule has 0 fully saturated rings. The van der Waals surface area contributed by atoms with Crippen LogP contribution in [0.5, 0.6) is 0 Å². The van der Waals surface area contributed by atoms with Crippen LogP contribution in [0.15, 0.2) is 48.5 Å². The molecule has 1 atom stereocenters. The van der Waals surface area contributed by atoms with Crippen molar-refractivity contribution in [2.45, 2.75) is 12.5 Å². The van der Waals surface area contributed by atoms with Crippen LogP contribution in [0.3, 0.4) is 0 Å². The van der Waals surface area contributed by atoms with Crippen molar-refractivity contribution in [1.82, 2.24) is 9.97 Å². The van der Waals surface area contributed by atoms with E-state index in [-0.39, 0.29) is 11.6 Å². The molecule has 2 aromatic carbocycles. The summed E-state index contributed by atoms with van der Waals surface area (Å²) < 4.78 is 4.75. The predicted octanol–water partition coefficient (Wildman–Crippen LogP) is 3.34. The Morgan fingerprint density at radius 1 is 1.27 bits per heavy atom. The van der Waals surface area contributed by atoms with Gasteiger partial charge in [0, 0.05) is 11.3 Å². The molecular formula is C19H19ClN4O2. The highest BCUT2D eigenvalue weighted by molar-refractivity contribution is 6.32. The van der Waals surface area contributed by atoms with Crippen LogP contribution in [-0.4, -0.2) is 23.0 Å². The minimum Gasteiger partial charge on any atom is -0.465 e. The van der Waals surface area contributed by atoms with Gasteiger partial charge in [-0.3, -0.25) is 0 Å². The quantitative estimate of drug-likeness (QED) is 0.471. The molecule has 0 aliphatic heterocycles. The van der Waals surface area contributed by atoms with E-state index in [4.69, 9.17) is 27.8 Å². The summed E-state index contributed by atoms with van der Waals surface area (Å²) in [7, 11) is 1.30. The number of halogens is 1. The molecular weight excluding hydrogens is 352 g/mol. The molecule has 134 valence electrons. The topological polar surface area (TPSA) is 107 Å². The Kier molecular flexibility index (Phi) is 5.25. The zero-order chi connectivity index (χ0) is 18.7. The second kappa shape index (κ2) is 7.59. The maximum Gasteiger partial charge on any atom is 0.339 e. The van der Waals surface area contributed by atoms with E-state index in [9.17, 15) is 4.79 Å². The van der Waals surface area contributed by atoms with Gasteiger partial charge in [0.05, 0.1) is 18.7 Å². The fourth-order valence-electron chi connectivity index (χ4n) is 2.69. The Labute approximate surface area is 156 Å². The molecule has 7 heteroatoms. The summed E-state index contributed by atoms with van der Waals surface area (Å²) in [5.74, 6) is 0.0577. The number of anilines is 1. The zero-order valence-corrected chi connectivity index (χ0v) is 15.0. The highest BCUT2D eigenvalue weighted by Crippen LogP contribution is 2.30. The summed E-state index contributed by atoms with van der Waals surface area (Å²) in [6.07, 6.45) is 0.624. The summed E-state index contributed by atoms with van der Waals surface area (Å²) in [6.45, 7) is 0. The van der Waals surface area contributed by atoms with Crippen molar-refractivity contribution < 1.29 is 9.53 Å². The van der Waals surface area contributed by atoms with E-state index < -0.39 is 5.97 Å². The number of carbonyl (C=O) groups is 1. The first-order chi connectivity index (χ1) is 12.5. The monoisotopic (exact) mass is 370 g/mol. The molecule has 0 bridgehead atoms. The third-order valence-electron chi connectivity index (χ3n) is 4.06. The van der Waals surface area contributed by atoms with E-state index in [1.54, 1.807) is 18.2 Å². The Bertz CT molecular complexity index is 925. The van der Waals surface area contributed by atoms with Gasteiger partial charge in [0.15, 0.2) is 0 Å². The van der Waals surface area contributed by atoms with Gasteiger partial charge in [-0.15, -0.1) is 0 Å². The number of nitrogen functional groups attached to an aromatic ring is 1. The van der Waals surface area contributed by atoms with Gasteiger partial charge in [0.25, 0.3) is 0 Å². The van der Waals surface area contributed by atoms with Crippen molar-refractivity contribution in [2.24, 2.45) is 5.73 Å². The number of aromatic nitrogens is 2. The molecule has 0 aliphatic rings. The van der Waals surface area contributed by atoms with Gasteiger partial charge in [-0.25, -0.2) is 9.78 Å². The van der Waals surface area contributed by atoms with Crippen molar-refractivity contribution >= 4 is 23.3 Å². The molecule has 0 amide bonds. The van der Waals surface area contributed by atoms with E-state index in [0.29, 0.717) is 34.3 Å². The Balaban J connectivity index is 1.90. The number of hydrogen-bond acceptors (Lipinski definition) is 5. The van der Waals surface area contributed by atoms with Crippen LogP contribution < -0.4 is 11.5 Å². The number of rotatable bonds is 5. The maximum atomic E-state index is 11.8. The minimum atomic E-state index is -0.517. The highest BCUT2D eigenvalue weighted by atomic mass is 35.5. The summed E-state index contributed by atoms with van der Waals surface area (Å²) >= 11 is 6.31. The molecule has 3 aromatic rings. The number of aromatic amines is 1. The number of H-pyrrole nitrogens is 1. The Hall–Kier alpha value is -2.83. The van der Waals surface area contributed by atoms with Gasteiger partial charge >= 0.3 is 5.97 Å². The van der Waals surface area contributed by atoms with Crippen LogP contribution in [0.2, 0.25) is 5.15 Å². The molecule has 0 unspecified atom stereocenters. The second-order valence-electron chi connectivity index (χ2n) is 5.87. The average Bonchev–Trinajstić information content (AvgIpc) is 3.04. The number of nitrogens with two attached hydrogens (primary N) is 2. The Morgan fingerprint density at radius 3 is 2.69 bits per heavy atom. The zero-order valence-electron chi connectivity index (χ0n) is 14.2.